The number of halogens is 1. The van der Waals surface area contributed by atoms with E-state index >= 15 is 0 Å². The van der Waals surface area contributed by atoms with Crippen LogP contribution in [0, 0.1) is 0 Å². The topological polar surface area (TPSA) is 49.8 Å². The standard InChI is InChI=1S/C13H17ClN4S/c14-11-7-9-16-18-12(11)17-13(19)15-8-6-10-4-2-1-3-5-10/h4,7,9H,1-3,5-6,8H2,(H2,15,17,18,19). The van der Waals surface area contributed by atoms with Crippen LogP contribution in [0.2, 0.25) is 5.02 Å². The summed E-state index contributed by atoms with van der Waals surface area (Å²) in [7, 11) is 0. The van der Waals surface area contributed by atoms with Gasteiger partial charge in [0.1, 0.15) is 0 Å². The van der Waals surface area contributed by atoms with Gasteiger partial charge in [-0.2, -0.15) is 5.10 Å². The molecule has 0 spiro atoms. The fourth-order valence-corrected chi connectivity index (χ4v) is 2.36. The van der Waals surface area contributed by atoms with Crippen molar-refractivity contribution in [3.63, 3.8) is 0 Å². The van der Waals surface area contributed by atoms with E-state index in [1.54, 1.807) is 12.3 Å². The van der Waals surface area contributed by atoms with Gasteiger partial charge in [-0.1, -0.05) is 23.3 Å². The first-order valence-electron chi connectivity index (χ1n) is 6.45. The van der Waals surface area contributed by atoms with E-state index in [4.69, 9.17) is 23.8 Å². The summed E-state index contributed by atoms with van der Waals surface area (Å²) >= 11 is 11.2. The lowest BCUT2D eigenvalue weighted by Crippen LogP contribution is -2.30. The number of thiocarbonyl (C=S) groups is 1. The highest BCUT2D eigenvalue weighted by Gasteiger charge is 2.05. The molecule has 0 radical (unpaired) electrons. The normalized spacial score (nSPS) is 14.7. The maximum Gasteiger partial charge on any atom is 0.173 e. The van der Waals surface area contributed by atoms with Crippen molar-refractivity contribution in [3.05, 3.63) is 28.9 Å². The van der Waals surface area contributed by atoms with Gasteiger partial charge in [0.25, 0.3) is 0 Å². The third-order valence-corrected chi connectivity index (χ3v) is 3.57. The van der Waals surface area contributed by atoms with E-state index in [-0.39, 0.29) is 0 Å². The zero-order valence-electron chi connectivity index (χ0n) is 10.7. The Morgan fingerprint density at radius 3 is 3.05 bits per heavy atom. The molecule has 1 aliphatic carbocycles. The lowest BCUT2D eigenvalue weighted by molar-refractivity contribution is 0.669. The number of hydrogen-bond acceptors (Lipinski definition) is 3. The number of aromatic nitrogens is 2. The minimum absolute atomic E-state index is 0.485. The predicted octanol–water partition coefficient (Wildman–Crippen LogP) is 3.31. The van der Waals surface area contributed by atoms with Crippen molar-refractivity contribution in [3.8, 4) is 0 Å². The van der Waals surface area contributed by atoms with Crippen LogP contribution in [0.4, 0.5) is 5.82 Å². The molecule has 1 aliphatic rings. The summed E-state index contributed by atoms with van der Waals surface area (Å²) in [5, 5.41) is 14.8. The van der Waals surface area contributed by atoms with Gasteiger partial charge in [-0.3, -0.25) is 0 Å². The predicted molar refractivity (Wildman–Crippen MR) is 82.4 cm³/mol. The average molecular weight is 297 g/mol. The van der Waals surface area contributed by atoms with Gasteiger partial charge >= 0.3 is 0 Å². The highest BCUT2D eigenvalue weighted by Crippen LogP contribution is 2.19. The fraction of sp³-hybridized carbons (Fsp3) is 0.462. The van der Waals surface area contributed by atoms with Crippen molar-refractivity contribution in [1.29, 1.82) is 0 Å². The van der Waals surface area contributed by atoms with Gasteiger partial charge in [0.15, 0.2) is 10.9 Å². The summed E-state index contributed by atoms with van der Waals surface area (Å²) in [4.78, 5) is 0. The molecule has 0 bridgehead atoms. The van der Waals surface area contributed by atoms with Crippen molar-refractivity contribution in [2.75, 3.05) is 11.9 Å². The molecular weight excluding hydrogens is 280 g/mol. The van der Waals surface area contributed by atoms with Crippen molar-refractivity contribution in [2.45, 2.75) is 32.1 Å². The summed E-state index contributed by atoms with van der Waals surface area (Å²) in [5.41, 5.74) is 1.53. The maximum atomic E-state index is 5.96. The summed E-state index contributed by atoms with van der Waals surface area (Å²) in [5.74, 6) is 0.485. The molecule has 0 amide bonds. The molecule has 2 rings (SSSR count). The van der Waals surface area contributed by atoms with Crippen LogP contribution in [0.25, 0.3) is 0 Å². The minimum atomic E-state index is 0.485. The van der Waals surface area contributed by atoms with Gasteiger partial charge in [-0.15, -0.1) is 5.10 Å². The molecule has 0 atom stereocenters. The van der Waals surface area contributed by atoms with Crippen molar-refractivity contribution in [1.82, 2.24) is 15.5 Å². The van der Waals surface area contributed by atoms with Crippen LogP contribution < -0.4 is 10.6 Å². The van der Waals surface area contributed by atoms with E-state index in [0.29, 0.717) is 16.0 Å². The first kappa shape index (κ1) is 14.2. The van der Waals surface area contributed by atoms with Crippen LogP contribution in [-0.2, 0) is 0 Å². The van der Waals surface area contributed by atoms with E-state index < -0.39 is 0 Å². The third kappa shape index (κ3) is 4.76. The number of nitrogens with zero attached hydrogens (tertiary/aromatic N) is 2. The Morgan fingerprint density at radius 2 is 2.32 bits per heavy atom. The molecule has 1 aromatic heterocycles. The number of allylic oxidation sites excluding steroid dienone is 1. The molecule has 4 nitrogen and oxygen atoms in total. The molecule has 0 unspecified atom stereocenters. The smallest absolute Gasteiger partial charge is 0.173 e. The Hall–Kier alpha value is -1.20. The molecule has 0 aromatic carbocycles. The van der Waals surface area contributed by atoms with E-state index in [1.807, 2.05) is 0 Å². The van der Waals surface area contributed by atoms with Gasteiger partial charge < -0.3 is 10.6 Å². The molecule has 2 N–H and O–H groups in total. The van der Waals surface area contributed by atoms with Crippen LogP contribution in [0.5, 0.6) is 0 Å². The second-order valence-corrected chi connectivity index (χ2v) is 5.28. The van der Waals surface area contributed by atoms with Crippen LogP contribution >= 0.6 is 23.8 Å². The molecule has 0 saturated heterocycles. The Kier molecular flexibility index (Phi) is 5.54. The zero-order valence-corrected chi connectivity index (χ0v) is 12.2. The molecule has 1 aromatic rings. The van der Waals surface area contributed by atoms with Crippen molar-refractivity contribution in [2.24, 2.45) is 0 Å². The number of anilines is 1. The summed E-state index contributed by atoms with van der Waals surface area (Å²) in [6, 6.07) is 1.67. The quantitative estimate of drug-likeness (QED) is 0.659. The lowest BCUT2D eigenvalue weighted by Gasteiger charge is -2.14. The second-order valence-electron chi connectivity index (χ2n) is 4.47. The maximum absolute atomic E-state index is 5.96. The Bertz CT molecular complexity index is 475. The highest BCUT2D eigenvalue weighted by molar-refractivity contribution is 7.80. The van der Waals surface area contributed by atoms with E-state index in [0.717, 1.165) is 13.0 Å². The number of hydrogen-bond donors (Lipinski definition) is 2. The van der Waals surface area contributed by atoms with Crippen LogP contribution in [0.3, 0.4) is 0 Å². The average Bonchev–Trinajstić information content (AvgIpc) is 2.43. The van der Waals surface area contributed by atoms with E-state index in [2.05, 4.69) is 26.9 Å². The summed E-state index contributed by atoms with van der Waals surface area (Å²) < 4.78 is 0. The minimum Gasteiger partial charge on any atom is -0.362 e. The monoisotopic (exact) mass is 296 g/mol. The molecule has 102 valence electrons. The molecular formula is C13H17ClN4S. The van der Waals surface area contributed by atoms with Crippen LogP contribution in [0.1, 0.15) is 32.1 Å². The van der Waals surface area contributed by atoms with Crippen LogP contribution in [0.15, 0.2) is 23.9 Å². The third-order valence-electron chi connectivity index (χ3n) is 3.02. The summed E-state index contributed by atoms with van der Waals surface area (Å²) in [6.07, 6.45) is 9.99. The first-order valence-corrected chi connectivity index (χ1v) is 7.24. The fourth-order valence-electron chi connectivity index (χ4n) is 2.02. The second kappa shape index (κ2) is 7.40. The molecule has 1 heterocycles. The molecule has 6 heteroatoms. The molecule has 0 aliphatic heterocycles. The molecule has 0 saturated carbocycles. The van der Waals surface area contributed by atoms with Gasteiger partial charge in [0, 0.05) is 6.54 Å². The van der Waals surface area contributed by atoms with E-state index in [9.17, 15) is 0 Å². The largest absolute Gasteiger partial charge is 0.362 e. The van der Waals surface area contributed by atoms with Gasteiger partial charge in [-0.25, -0.2) is 0 Å². The molecule has 0 fully saturated rings. The van der Waals surface area contributed by atoms with E-state index in [1.165, 1.54) is 31.3 Å². The van der Waals surface area contributed by atoms with Gasteiger partial charge in [-0.05, 0) is 50.4 Å². The number of nitrogens with one attached hydrogen (secondary N) is 2. The first-order chi connectivity index (χ1) is 9.25. The van der Waals surface area contributed by atoms with Gasteiger partial charge in [0.2, 0.25) is 0 Å². The van der Waals surface area contributed by atoms with Crippen molar-refractivity contribution >= 4 is 34.7 Å². The van der Waals surface area contributed by atoms with Gasteiger partial charge in [0.05, 0.1) is 11.2 Å². The number of rotatable bonds is 4. The Labute approximate surface area is 123 Å². The Morgan fingerprint density at radius 1 is 1.42 bits per heavy atom. The van der Waals surface area contributed by atoms with Crippen LogP contribution in [-0.4, -0.2) is 21.9 Å². The zero-order chi connectivity index (χ0) is 13.5. The van der Waals surface area contributed by atoms with Crippen molar-refractivity contribution < 1.29 is 0 Å². The summed E-state index contributed by atoms with van der Waals surface area (Å²) in [6.45, 7) is 0.829. The highest BCUT2D eigenvalue weighted by atomic mass is 35.5. The molecule has 19 heavy (non-hydrogen) atoms. The lowest BCUT2D eigenvalue weighted by atomic mass is 9.97. The Balaban J connectivity index is 1.73. The SMILES string of the molecule is S=C(NCCC1=CCCCC1)Nc1nnccc1Cl.